The number of nitrogens with zero attached hydrogens (tertiary/aromatic N) is 2. The van der Waals surface area contributed by atoms with Crippen molar-refractivity contribution in [1.82, 2.24) is 14.8 Å². The van der Waals surface area contributed by atoms with Crippen LogP contribution in [0.4, 0.5) is 0 Å². The molecule has 1 aromatic heterocycles. The van der Waals surface area contributed by atoms with Crippen molar-refractivity contribution in [2.75, 3.05) is 33.4 Å². The maximum atomic E-state index is 12.7. The molecule has 0 aliphatic carbocycles. The van der Waals surface area contributed by atoms with Gasteiger partial charge in [-0.1, -0.05) is 5.16 Å². The van der Waals surface area contributed by atoms with E-state index < -0.39 is 10.0 Å². The second kappa shape index (κ2) is 9.51. The number of aromatic nitrogens is 1. The maximum absolute atomic E-state index is 12.7. The van der Waals surface area contributed by atoms with Crippen molar-refractivity contribution >= 4 is 15.9 Å². The van der Waals surface area contributed by atoms with Gasteiger partial charge in [0.15, 0.2) is 5.76 Å². The monoisotopic (exact) mass is 457 g/mol. The lowest BCUT2D eigenvalue weighted by Crippen LogP contribution is -2.40. The summed E-state index contributed by atoms with van der Waals surface area (Å²) in [5.41, 5.74) is 1.76. The van der Waals surface area contributed by atoms with E-state index in [0.29, 0.717) is 43.3 Å². The number of nitrogens with one attached hydrogen (secondary N) is 1. The van der Waals surface area contributed by atoms with Crippen LogP contribution in [0.1, 0.15) is 16.1 Å². The van der Waals surface area contributed by atoms with Crippen molar-refractivity contribution in [2.24, 2.45) is 0 Å². The van der Waals surface area contributed by atoms with E-state index in [1.165, 1.54) is 28.6 Å². The zero-order chi connectivity index (χ0) is 22.6. The fraction of sp³-hybridized carbons (Fsp3) is 0.273. The lowest BCUT2D eigenvalue weighted by molar-refractivity contribution is 0.0730. The van der Waals surface area contributed by atoms with E-state index in [2.05, 4.69) is 10.5 Å². The summed E-state index contributed by atoms with van der Waals surface area (Å²) in [7, 11) is -2.00. The predicted octanol–water partition coefficient (Wildman–Crippen LogP) is 2.30. The van der Waals surface area contributed by atoms with Crippen LogP contribution < -0.4 is 10.1 Å². The third-order valence-corrected chi connectivity index (χ3v) is 7.00. The first-order valence-electron chi connectivity index (χ1n) is 10.0. The van der Waals surface area contributed by atoms with Gasteiger partial charge in [-0.05, 0) is 48.5 Å². The highest BCUT2D eigenvalue weighted by molar-refractivity contribution is 7.89. The number of hydrogen-bond donors (Lipinski definition) is 1. The van der Waals surface area contributed by atoms with E-state index in [9.17, 15) is 13.2 Å². The van der Waals surface area contributed by atoms with E-state index in [1.54, 1.807) is 13.2 Å². The van der Waals surface area contributed by atoms with Crippen LogP contribution in [0.15, 0.2) is 64.0 Å². The van der Waals surface area contributed by atoms with Crippen LogP contribution in [0.25, 0.3) is 11.3 Å². The summed E-state index contributed by atoms with van der Waals surface area (Å²) in [5, 5.41) is 6.74. The molecule has 0 spiro atoms. The number of hydrogen-bond acceptors (Lipinski definition) is 7. The molecule has 0 atom stereocenters. The topological polar surface area (TPSA) is 111 Å². The number of carbonyl (C=O) groups is 1. The fourth-order valence-corrected chi connectivity index (χ4v) is 4.68. The fourth-order valence-electron chi connectivity index (χ4n) is 3.27. The largest absolute Gasteiger partial charge is 0.497 e. The molecule has 1 aliphatic rings. The zero-order valence-electron chi connectivity index (χ0n) is 17.5. The molecule has 1 fully saturated rings. The number of rotatable bonds is 7. The number of amides is 1. The summed E-state index contributed by atoms with van der Waals surface area (Å²) >= 11 is 0. The lowest BCUT2D eigenvalue weighted by Gasteiger charge is -2.26. The number of methoxy groups -OCH3 is 1. The summed E-state index contributed by atoms with van der Waals surface area (Å²) in [6, 6.07) is 15.0. The Morgan fingerprint density at radius 3 is 2.44 bits per heavy atom. The van der Waals surface area contributed by atoms with E-state index in [0.717, 1.165) is 11.3 Å². The summed E-state index contributed by atoms with van der Waals surface area (Å²) in [4.78, 5) is 12.6. The van der Waals surface area contributed by atoms with Gasteiger partial charge < -0.3 is 19.3 Å². The molecular weight excluding hydrogens is 434 g/mol. The summed E-state index contributed by atoms with van der Waals surface area (Å²) < 4.78 is 42.4. The molecule has 9 nitrogen and oxygen atoms in total. The van der Waals surface area contributed by atoms with Gasteiger partial charge in [0, 0.05) is 30.3 Å². The van der Waals surface area contributed by atoms with Gasteiger partial charge in [-0.15, -0.1) is 0 Å². The molecule has 0 saturated carbocycles. The highest BCUT2D eigenvalue weighted by atomic mass is 32.2. The van der Waals surface area contributed by atoms with Crippen LogP contribution in [-0.4, -0.2) is 57.2 Å². The summed E-state index contributed by atoms with van der Waals surface area (Å²) in [6.45, 7) is 1.57. The Balaban J connectivity index is 1.36. The average molecular weight is 458 g/mol. The first-order valence-corrected chi connectivity index (χ1v) is 11.5. The quantitative estimate of drug-likeness (QED) is 0.579. The van der Waals surface area contributed by atoms with Crippen LogP contribution >= 0.6 is 0 Å². The van der Waals surface area contributed by atoms with Gasteiger partial charge in [-0.3, -0.25) is 4.79 Å². The number of benzene rings is 2. The first-order chi connectivity index (χ1) is 15.5. The van der Waals surface area contributed by atoms with Crippen LogP contribution in [0, 0.1) is 0 Å². The van der Waals surface area contributed by atoms with Gasteiger partial charge in [-0.2, -0.15) is 4.31 Å². The van der Waals surface area contributed by atoms with Gasteiger partial charge in [0.2, 0.25) is 10.0 Å². The lowest BCUT2D eigenvalue weighted by atomic mass is 10.1. The molecule has 1 amide bonds. The van der Waals surface area contributed by atoms with Crippen LogP contribution in [0.3, 0.4) is 0 Å². The third kappa shape index (κ3) is 4.82. The van der Waals surface area contributed by atoms with Gasteiger partial charge in [0.25, 0.3) is 5.91 Å². The van der Waals surface area contributed by atoms with Crippen molar-refractivity contribution in [1.29, 1.82) is 0 Å². The van der Waals surface area contributed by atoms with Gasteiger partial charge in [0.05, 0.1) is 31.8 Å². The number of ether oxygens (including phenoxy) is 2. The maximum Gasteiger partial charge on any atom is 0.251 e. The van der Waals surface area contributed by atoms with Gasteiger partial charge >= 0.3 is 0 Å². The Bertz CT molecular complexity index is 1170. The second-order valence-electron chi connectivity index (χ2n) is 7.13. The highest BCUT2D eigenvalue weighted by Gasteiger charge is 2.26. The van der Waals surface area contributed by atoms with E-state index >= 15 is 0 Å². The average Bonchev–Trinajstić information content (AvgIpc) is 3.32. The Hall–Kier alpha value is -3.21. The molecule has 3 aromatic rings. The molecule has 1 N–H and O–H groups in total. The van der Waals surface area contributed by atoms with Gasteiger partial charge in [0.1, 0.15) is 11.4 Å². The Labute approximate surface area is 186 Å². The van der Waals surface area contributed by atoms with Crippen molar-refractivity contribution in [3.8, 4) is 17.1 Å². The minimum absolute atomic E-state index is 0.150. The van der Waals surface area contributed by atoms with Gasteiger partial charge in [-0.25, -0.2) is 8.42 Å². The van der Waals surface area contributed by atoms with Crippen LogP contribution in [0.5, 0.6) is 5.75 Å². The molecule has 32 heavy (non-hydrogen) atoms. The predicted molar refractivity (Wildman–Crippen MR) is 116 cm³/mol. The smallest absolute Gasteiger partial charge is 0.251 e. The third-order valence-electron chi connectivity index (χ3n) is 5.09. The molecule has 168 valence electrons. The number of sulfonamides is 1. The summed E-state index contributed by atoms with van der Waals surface area (Å²) in [6.07, 6.45) is 0. The number of morpholine rings is 1. The Kier molecular flexibility index (Phi) is 6.54. The molecule has 0 bridgehead atoms. The minimum Gasteiger partial charge on any atom is -0.497 e. The number of carbonyl (C=O) groups excluding carboxylic acids is 1. The molecule has 0 radical (unpaired) electrons. The molecule has 2 aromatic carbocycles. The molecule has 10 heteroatoms. The Morgan fingerprint density at radius 2 is 1.78 bits per heavy atom. The highest BCUT2D eigenvalue weighted by Crippen LogP contribution is 2.23. The summed E-state index contributed by atoms with van der Waals surface area (Å²) in [5.74, 6) is 0.980. The SMILES string of the molecule is COc1ccc(-c2cc(CNC(=O)c3ccc(S(=O)(=O)N4CCOCC4)cc3)no2)cc1. The van der Waals surface area contributed by atoms with Crippen LogP contribution in [-0.2, 0) is 21.3 Å². The molecule has 1 aliphatic heterocycles. The van der Waals surface area contributed by atoms with Crippen molar-refractivity contribution in [3.63, 3.8) is 0 Å². The molecule has 2 heterocycles. The standard InChI is InChI=1S/C22H23N3O6S/c1-29-19-6-2-16(3-7-19)21-14-18(24-31-21)15-23-22(26)17-4-8-20(9-5-17)32(27,28)25-10-12-30-13-11-25/h2-9,14H,10-13,15H2,1H3,(H,23,26). The molecule has 0 unspecified atom stereocenters. The van der Waals surface area contributed by atoms with E-state index in [4.69, 9.17) is 14.0 Å². The minimum atomic E-state index is -3.60. The van der Waals surface area contributed by atoms with Crippen molar-refractivity contribution < 1.29 is 27.2 Å². The normalized spacial score (nSPS) is 14.8. The molecule has 4 rings (SSSR count). The molecule has 1 saturated heterocycles. The van der Waals surface area contributed by atoms with Crippen molar-refractivity contribution in [3.05, 3.63) is 65.9 Å². The second-order valence-corrected chi connectivity index (χ2v) is 9.07. The van der Waals surface area contributed by atoms with Crippen LogP contribution in [0.2, 0.25) is 0 Å². The van der Waals surface area contributed by atoms with E-state index in [1.807, 2.05) is 24.3 Å². The zero-order valence-corrected chi connectivity index (χ0v) is 18.3. The van der Waals surface area contributed by atoms with Crippen molar-refractivity contribution in [2.45, 2.75) is 11.4 Å². The molecular formula is C22H23N3O6S. The first kappa shape index (κ1) is 22.0. The Morgan fingerprint density at radius 1 is 1.09 bits per heavy atom. The van der Waals surface area contributed by atoms with E-state index in [-0.39, 0.29) is 17.3 Å².